The zero-order valence-electron chi connectivity index (χ0n) is 15.1. The van der Waals surface area contributed by atoms with E-state index in [2.05, 4.69) is 54.0 Å². The Balaban J connectivity index is 1.44. The zero-order valence-corrected chi connectivity index (χ0v) is 15.1. The number of rotatable bonds is 8. The third kappa shape index (κ3) is 5.41. The lowest BCUT2D eigenvalue weighted by Crippen LogP contribution is -2.42. The van der Waals surface area contributed by atoms with Crippen LogP contribution in [0.2, 0.25) is 0 Å². The van der Waals surface area contributed by atoms with Gasteiger partial charge in [0.2, 0.25) is 0 Å². The molecule has 0 saturated heterocycles. The number of carbonyl (C=O) groups is 1. The summed E-state index contributed by atoms with van der Waals surface area (Å²) in [5.74, 6) is -0.0774. The van der Waals surface area contributed by atoms with Crippen molar-refractivity contribution in [2.24, 2.45) is 5.92 Å². The summed E-state index contributed by atoms with van der Waals surface area (Å²) in [4.78, 5) is 10.6. The summed E-state index contributed by atoms with van der Waals surface area (Å²) in [6.45, 7) is 2.33. The van der Waals surface area contributed by atoms with Gasteiger partial charge >= 0.3 is 5.97 Å². The molecule has 2 aliphatic rings. The molecule has 1 aromatic rings. The molecule has 0 aromatic heterocycles. The average molecular weight is 342 g/mol. The highest BCUT2D eigenvalue weighted by molar-refractivity contribution is 5.69. The third-order valence-corrected chi connectivity index (χ3v) is 5.55. The van der Waals surface area contributed by atoms with Gasteiger partial charge in [-0.15, -0.1) is 0 Å². The second-order valence-electron chi connectivity index (χ2n) is 7.42. The smallest absolute Gasteiger partial charge is 0.317 e. The van der Waals surface area contributed by atoms with E-state index in [9.17, 15) is 4.79 Å². The largest absolute Gasteiger partial charge is 0.480 e. The Labute approximate surface area is 150 Å². The molecule has 2 fully saturated rings. The van der Waals surface area contributed by atoms with Gasteiger partial charge in [0.25, 0.3) is 0 Å². The van der Waals surface area contributed by atoms with Crippen molar-refractivity contribution in [1.29, 1.82) is 0 Å². The van der Waals surface area contributed by atoms with Gasteiger partial charge in [0, 0.05) is 18.1 Å². The van der Waals surface area contributed by atoms with Crippen LogP contribution in [0.25, 0.3) is 6.08 Å². The first-order chi connectivity index (χ1) is 12.2. The molecule has 3 rings (SSSR count). The number of carboxylic acids is 1. The number of aliphatic carboxylic acids is 1. The average Bonchev–Trinajstić information content (AvgIpc) is 3.39. The highest BCUT2D eigenvalue weighted by Crippen LogP contribution is 2.40. The van der Waals surface area contributed by atoms with Crippen LogP contribution in [0.3, 0.4) is 0 Å². The van der Waals surface area contributed by atoms with E-state index < -0.39 is 5.97 Å². The first-order valence-corrected chi connectivity index (χ1v) is 9.62. The molecule has 2 atom stereocenters. The summed E-state index contributed by atoms with van der Waals surface area (Å²) in [6, 6.07) is 12.2. The predicted octanol–water partition coefficient (Wildman–Crippen LogP) is 3.44. The van der Waals surface area contributed by atoms with E-state index >= 15 is 0 Å². The molecular weight excluding hydrogens is 312 g/mol. The van der Waals surface area contributed by atoms with Gasteiger partial charge in [-0.05, 0) is 50.0 Å². The van der Waals surface area contributed by atoms with E-state index in [1.807, 2.05) is 0 Å². The molecule has 2 aliphatic carbocycles. The quantitative estimate of drug-likeness (QED) is 0.677. The van der Waals surface area contributed by atoms with Gasteiger partial charge < -0.3 is 15.7 Å². The van der Waals surface area contributed by atoms with Gasteiger partial charge in [-0.1, -0.05) is 48.9 Å². The van der Waals surface area contributed by atoms with Crippen molar-refractivity contribution in [2.75, 3.05) is 6.54 Å². The minimum absolute atomic E-state index is 0.0810. The molecule has 25 heavy (non-hydrogen) atoms. The molecule has 1 aromatic carbocycles. The maximum Gasteiger partial charge on any atom is 0.317 e. The molecule has 0 heterocycles. The van der Waals surface area contributed by atoms with Crippen LogP contribution < -0.4 is 10.6 Å². The van der Waals surface area contributed by atoms with E-state index in [-0.39, 0.29) is 6.54 Å². The number of carboxylic acid groups (broad SMARTS) is 1. The highest BCUT2D eigenvalue weighted by Gasteiger charge is 2.40. The van der Waals surface area contributed by atoms with Crippen molar-refractivity contribution in [3.63, 3.8) is 0 Å². The molecule has 136 valence electrons. The van der Waals surface area contributed by atoms with Crippen molar-refractivity contribution in [2.45, 2.75) is 63.6 Å². The summed E-state index contributed by atoms with van der Waals surface area (Å²) in [5.41, 5.74) is 2.86. The Morgan fingerprint density at radius 2 is 1.84 bits per heavy atom. The summed E-state index contributed by atoms with van der Waals surface area (Å²) in [5, 5.41) is 15.7. The maximum absolute atomic E-state index is 10.6. The van der Waals surface area contributed by atoms with Crippen molar-refractivity contribution in [3.8, 4) is 0 Å². The summed E-state index contributed by atoms with van der Waals surface area (Å²) < 4.78 is 0. The molecule has 0 aliphatic heterocycles. The fourth-order valence-corrected chi connectivity index (χ4v) is 4.02. The molecule has 2 saturated carbocycles. The fraction of sp³-hybridized carbons (Fsp3) is 0.571. The number of hydrogen-bond donors (Lipinski definition) is 3. The number of nitrogens with one attached hydrogen (secondary N) is 2. The monoisotopic (exact) mass is 342 g/mol. The predicted molar refractivity (Wildman–Crippen MR) is 101 cm³/mol. The van der Waals surface area contributed by atoms with Crippen molar-refractivity contribution in [1.82, 2.24) is 10.6 Å². The van der Waals surface area contributed by atoms with Gasteiger partial charge in [0.1, 0.15) is 0 Å². The first-order valence-electron chi connectivity index (χ1n) is 9.62. The lowest BCUT2D eigenvalue weighted by Gasteiger charge is -2.29. The third-order valence-electron chi connectivity index (χ3n) is 5.55. The Hall–Kier alpha value is -1.65. The minimum Gasteiger partial charge on any atom is -0.480 e. The molecule has 4 nitrogen and oxygen atoms in total. The van der Waals surface area contributed by atoms with Gasteiger partial charge in [0.15, 0.2) is 0 Å². The normalized spacial score (nSPS) is 29.4. The van der Waals surface area contributed by atoms with Gasteiger partial charge in [-0.25, -0.2) is 0 Å². The Bertz CT molecular complexity index is 591. The second kappa shape index (κ2) is 8.63. The van der Waals surface area contributed by atoms with E-state index in [4.69, 9.17) is 5.11 Å². The Morgan fingerprint density at radius 3 is 2.48 bits per heavy atom. The van der Waals surface area contributed by atoms with Crippen LogP contribution in [0.15, 0.2) is 35.9 Å². The van der Waals surface area contributed by atoms with E-state index in [0.29, 0.717) is 24.0 Å². The second-order valence-corrected chi connectivity index (χ2v) is 7.42. The summed E-state index contributed by atoms with van der Waals surface area (Å²) >= 11 is 0. The lowest BCUT2D eigenvalue weighted by molar-refractivity contribution is -0.136. The van der Waals surface area contributed by atoms with Crippen LogP contribution in [0.4, 0.5) is 0 Å². The van der Waals surface area contributed by atoms with Crippen LogP contribution in [0.5, 0.6) is 0 Å². The molecule has 4 heteroatoms. The highest BCUT2D eigenvalue weighted by atomic mass is 16.4. The van der Waals surface area contributed by atoms with Gasteiger partial charge in [0.05, 0.1) is 6.54 Å². The SMILES string of the molecule is CC/C(=C\c1ccccc1)C1CC1NC1CCC(NCC(=O)O)CC1. The Kier molecular flexibility index (Phi) is 6.27. The maximum atomic E-state index is 10.6. The Morgan fingerprint density at radius 1 is 1.16 bits per heavy atom. The van der Waals surface area contributed by atoms with Gasteiger partial charge in [-0.2, -0.15) is 0 Å². The van der Waals surface area contributed by atoms with E-state index in [1.165, 1.54) is 12.0 Å². The zero-order chi connectivity index (χ0) is 17.6. The molecule has 3 N–H and O–H groups in total. The summed E-state index contributed by atoms with van der Waals surface area (Å²) in [6.07, 6.45) is 9.16. The number of benzene rings is 1. The van der Waals surface area contributed by atoms with Crippen LogP contribution in [0.1, 0.15) is 51.0 Å². The van der Waals surface area contributed by atoms with Crippen LogP contribution in [0, 0.1) is 5.92 Å². The van der Waals surface area contributed by atoms with Crippen LogP contribution >= 0.6 is 0 Å². The standard InChI is InChI=1S/C21H30N2O2/c1-2-16(12-15-6-4-3-5-7-15)19-13-20(19)23-18-10-8-17(9-11-18)22-14-21(24)25/h3-7,12,17-20,22-23H,2,8-11,13-14H2,1H3,(H,24,25)/b16-12+. The summed E-state index contributed by atoms with van der Waals surface area (Å²) in [7, 11) is 0. The van der Waals surface area contributed by atoms with Crippen molar-refractivity contribution < 1.29 is 9.90 Å². The fourth-order valence-electron chi connectivity index (χ4n) is 4.02. The molecule has 2 unspecified atom stereocenters. The lowest BCUT2D eigenvalue weighted by atomic mass is 9.91. The van der Waals surface area contributed by atoms with Crippen molar-refractivity contribution >= 4 is 12.0 Å². The van der Waals surface area contributed by atoms with E-state index in [1.54, 1.807) is 5.57 Å². The molecule has 0 bridgehead atoms. The topological polar surface area (TPSA) is 61.4 Å². The van der Waals surface area contributed by atoms with Crippen LogP contribution in [-0.2, 0) is 4.79 Å². The van der Waals surface area contributed by atoms with Gasteiger partial charge in [-0.3, -0.25) is 4.79 Å². The molecule has 0 radical (unpaired) electrons. The molecule has 0 spiro atoms. The first kappa shape index (κ1) is 18.2. The molecule has 0 amide bonds. The number of hydrogen-bond acceptors (Lipinski definition) is 3. The van der Waals surface area contributed by atoms with Crippen LogP contribution in [-0.4, -0.2) is 35.7 Å². The van der Waals surface area contributed by atoms with Crippen molar-refractivity contribution in [3.05, 3.63) is 41.5 Å². The van der Waals surface area contributed by atoms with E-state index in [0.717, 1.165) is 32.1 Å². The molecular formula is C21H30N2O2. The minimum atomic E-state index is -0.765.